The van der Waals surface area contributed by atoms with Gasteiger partial charge in [0.25, 0.3) is 0 Å². The lowest BCUT2D eigenvalue weighted by Crippen LogP contribution is -2.35. The molecule has 0 bridgehead atoms. The summed E-state index contributed by atoms with van der Waals surface area (Å²) in [4.78, 5) is 13.6. The molecule has 7 heteroatoms. The van der Waals surface area contributed by atoms with Gasteiger partial charge in [-0.3, -0.25) is 9.69 Å². The summed E-state index contributed by atoms with van der Waals surface area (Å²) >= 11 is 0. The van der Waals surface area contributed by atoms with Gasteiger partial charge in [0.05, 0.1) is 6.61 Å². The average molecular weight is 362 g/mol. The highest BCUT2D eigenvalue weighted by molar-refractivity contribution is 5.92. The van der Waals surface area contributed by atoms with Gasteiger partial charge in [-0.15, -0.1) is 24.8 Å². The monoisotopic (exact) mass is 361 g/mol. The van der Waals surface area contributed by atoms with Gasteiger partial charge in [0.2, 0.25) is 5.91 Å². The molecule has 0 aliphatic carbocycles. The van der Waals surface area contributed by atoms with Crippen LogP contribution in [0.3, 0.4) is 0 Å². The maximum atomic E-state index is 11.0. The maximum absolute atomic E-state index is 11.0. The third-order valence-electron chi connectivity index (χ3n) is 4.56. The first-order valence-electron chi connectivity index (χ1n) is 7.71. The van der Waals surface area contributed by atoms with Crippen LogP contribution in [-0.2, 0) is 0 Å². The fourth-order valence-electron chi connectivity index (χ4n) is 3.39. The van der Waals surface area contributed by atoms with E-state index < -0.39 is 5.91 Å². The summed E-state index contributed by atoms with van der Waals surface area (Å²) in [5, 5.41) is 3.47. The van der Waals surface area contributed by atoms with Crippen molar-refractivity contribution in [3.8, 4) is 5.75 Å². The Bertz CT molecular complexity index is 499. The molecule has 5 nitrogen and oxygen atoms in total. The molecule has 2 atom stereocenters. The molecule has 2 aliphatic heterocycles. The Labute approximate surface area is 149 Å². The highest BCUT2D eigenvalue weighted by Gasteiger charge is 2.36. The number of ether oxygens (including phenoxy) is 1. The minimum absolute atomic E-state index is 0. The summed E-state index contributed by atoms with van der Waals surface area (Å²) in [5.74, 6) is 1.24. The van der Waals surface area contributed by atoms with Gasteiger partial charge in [0.15, 0.2) is 0 Å². The number of nitrogens with two attached hydrogens (primary N) is 1. The number of fused-ring (bicyclic) bond motifs is 1. The SMILES string of the molecule is Cl.Cl.NC(=O)c1ccc(OCCCN2CC[C@H]3CNC[C@H]32)cc1. The first-order chi connectivity index (χ1) is 10.2. The number of halogens is 2. The van der Waals surface area contributed by atoms with Crippen LogP contribution in [-0.4, -0.2) is 49.6 Å². The van der Waals surface area contributed by atoms with Crippen molar-refractivity contribution in [2.45, 2.75) is 18.9 Å². The maximum Gasteiger partial charge on any atom is 0.248 e. The van der Waals surface area contributed by atoms with E-state index in [1.54, 1.807) is 24.3 Å². The van der Waals surface area contributed by atoms with Crippen LogP contribution < -0.4 is 15.8 Å². The van der Waals surface area contributed by atoms with E-state index in [1.165, 1.54) is 19.5 Å². The van der Waals surface area contributed by atoms with Crippen molar-refractivity contribution in [1.82, 2.24) is 10.2 Å². The van der Waals surface area contributed by atoms with Crippen LogP contribution in [0.15, 0.2) is 24.3 Å². The predicted octanol–water partition coefficient (Wildman–Crippen LogP) is 1.69. The Morgan fingerprint density at radius 2 is 2.00 bits per heavy atom. The highest BCUT2D eigenvalue weighted by Crippen LogP contribution is 2.26. The third-order valence-corrected chi connectivity index (χ3v) is 4.56. The summed E-state index contributed by atoms with van der Waals surface area (Å²) in [7, 11) is 0. The van der Waals surface area contributed by atoms with Gasteiger partial charge in [-0.1, -0.05) is 0 Å². The van der Waals surface area contributed by atoms with Gasteiger partial charge in [-0.05, 0) is 56.1 Å². The number of hydrogen-bond donors (Lipinski definition) is 2. The van der Waals surface area contributed by atoms with Crippen molar-refractivity contribution in [2.24, 2.45) is 11.7 Å². The van der Waals surface area contributed by atoms with E-state index >= 15 is 0 Å². The van der Waals surface area contributed by atoms with Crippen LogP contribution in [0.5, 0.6) is 5.75 Å². The van der Waals surface area contributed by atoms with Gasteiger partial charge in [-0.25, -0.2) is 0 Å². The van der Waals surface area contributed by atoms with Crippen molar-refractivity contribution in [3.05, 3.63) is 29.8 Å². The lowest BCUT2D eigenvalue weighted by molar-refractivity contribution is 0.100. The van der Waals surface area contributed by atoms with Crippen LogP contribution in [0, 0.1) is 5.92 Å². The molecule has 2 aliphatic rings. The van der Waals surface area contributed by atoms with Gasteiger partial charge < -0.3 is 15.8 Å². The number of carbonyl (C=O) groups excluding carboxylic acids is 1. The Kier molecular flexibility index (Phi) is 8.12. The van der Waals surface area contributed by atoms with Crippen LogP contribution >= 0.6 is 24.8 Å². The molecule has 3 rings (SSSR count). The van der Waals surface area contributed by atoms with E-state index in [0.717, 1.165) is 37.2 Å². The number of primary amides is 1. The summed E-state index contributed by atoms with van der Waals surface area (Å²) < 4.78 is 5.72. The van der Waals surface area contributed by atoms with Gasteiger partial charge >= 0.3 is 0 Å². The van der Waals surface area contributed by atoms with Crippen LogP contribution in [0.1, 0.15) is 23.2 Å². The van der Waals surface area contributed by atoms with Crippen molar-refractivity contribution in [3.63, 3.8) is 0 Å². The first kappa shape index (κ1) is 20.0. The number of nitrogens with zero attached hydrogens (tertiary/aromatic N) is 1. The average Bonchev–Trinajstić information content (AvgIpc) is 3.08. The molecule has 0 spiro atoms. The second-order valence-electron chi connectivity index (χ2n) is 5.90. The molecule has 0 unspecified atom stereocenters. The highest BCUT2D eigenvalue weighted by atomic mass is 35.5. The number of rotatable bonds is 6. The summed E-state index contributed by atoms with van der Waals surface area (Å²) in [6.07, 6.45) is 2.36. The lowest BCUT2D eigenvalue weighted by Gasteiger charge is -2.22. The molecule has 2 saturated heterocycles. The molecular weight excluding hydrogens is 337 g/mol. The summed E-state index contributed by atoms with van der Waals surface area (Å²) in [6, 6.07) is 7.74. The summed E-state index contributed by atoms with van der Waals surface area (Å²) in [6.45, 7) is 5.35. The van der Waals surface area contributed by atoms with E-state index in [9.17, 15) is 4.79 Å². The second-order valence-corrected chi connectivity index (χ2v) is 5.90. The van der Waals surface area contributed by atoms with Crippen molar-refractivity contribution >= 4 is 30.7 Å². The zero-order valence-corrected chi connectivity index (χ0v) is 14.7. The van der Waals surface area contributed by atoms with Crippen molar-refractivity contribution < 1.29 is 9.53 Å². The van der Waals surface area contributed by atoms with E-state index in [2.05, 4.69) is 10.2 Å². The minimum atomic E-state index is -0.407. The van der Waals surface area contributed by atoms with Crippen LogP contribution in [0.25, 0.3) is 0 Å². The second kappa shape index (κ2) is 9.33. The minimum Gasteiger partial charge on any atom is -0.494 e. The molecule has 0 aromatic heterocycles. The zero-order valence-electron chi connectivity index (χ0n) is 13.1. The molecule has 3 N–H and O–H groups in total. The fourth-order valence-corrected chi connectivity index (χ4v) is 3.39. The van der Waals surface area contributed by atoms with E-state index in [1.807, 2.05) is 0 Å². The normalized spacial score (nSPS) is 22.8. The molecule has 0 saturated carbocycles. The molecule has 0 radical (unpaired) electrons. The number of benzene rings is 1. The Morgan fingerprint density at radius 1 is 1.26 bits per heavy atom. The molecule has 2 fully saturated rings. The van der Waals surface area contributed by atoms with Crippen molar-refractivity contribution in [1.29, 1.82) is 0 Å². The number of carbonyl (C=O) groups is 1. The standard InChI is InChI=1S/C16H23N3O2.2ClH/c17-16(20)12-2-4-14(5-3-12)21-9-1-7-19-8-6-13-10-18-11-15(13)19;;/h2-5,13,15,18H,1,6-11H2,(H2,17,20);2*1H/t13-,15+;;/m0../s1. The molecule has 130 valence electrons. The molecule has 1 aromatic rings. The molecule has 23 heavy (non-hydrogen) atoms. The number of amides is 1. The number of likely N-dealkylation sites (tertiary alicyclic amines) is 1. The Balaban J connectivity index is 0.00000132. The van der Waals surface area contributed by atoms with Crippen LogP contribution in [0.4, 0.5) is 0 Å². The van der Waals surface area contributed by atoms with Gasteiger partial charge in [0.1, 0.15) is 5.75 Å². The first-order valence-corrected chi connectivity index (χ1v) is 7.71. The predicted molar refractivity (Wildman–Crippen MR) is 95.9 cm³/mol. The van der Waals surface area contributed by atoms with E-state index in [0.29, 0.717) is 12.2 Å². The molecule has 1 amide bonds. The van der Waals surface area contributed by atoms with E-state index in [4.69, 9.17) is 10.5 Å². The van der Waals surface area contributed by atoms with E-state index in [-0.39, 0.29) is 24.8 Å². The smallest absolute Gasteiger partial charge is 0.248 e. The largest absolute Gasteiger partial charge is 0.494 e. The lowest BCUT2D eigenvalue weighted by atomic mass is 10.1. The Hall–Kier alpha value is -1.01. The van der Waals surface area contributed by atoms with Gasteiger partial charge in [0, 0.05) is 24.7 Å². The summed E-state index contributed by atoms with van der Waals surface area (Å²) in [5.41, 5.74) is 5.72. The Morgan fingerprint density at radius 3 is 2.70 bits per heavy atom. The molecular formula is C16H25Cl2N3O2. The number of nitrogens with one attached hydrogen (secondary N) is 1. The molecule has 2 heterocycles. The molecule has 1 aromatic carbocycles. The quantitative estimate of drug-likeness (QED) is 0.756. The topological polar surface area (TPSA) is 67.6 Å². The zero-order chi connectivity index (χ0) is 14.7. The van der Waals surface area contributed by atoms with Gasteiger partial charge in [-0.2, -0.15) is 0 Å². The fraction of sp³-hybridized carbons (Fsp3) is 0.562. The van der Waals surface area contributed by atoms with Crippen molar-refractivity contribution in [2.75, 3.05) is 32.8 Å². The number of hydrogen-bond acceptors (Lipinski definition) is 4. The van der Waals surface area contributed by atoms with Crippen LogP contribution in [0.2, 0.25) is 0 Å². The third kappa shape index (κ3) is 4.98.